The summed E-state index contributed by atoms with van der Waals surface area (Å²) in [5.41, 5.74) is 0. The van der Waals surface area contributed by atoms with Crippen LogP contribution >= 0.6 is 0 Å². The van der Waals surface area contributed by atoms with Gasteiger partial charge >= 0.3 is 0 Å². The molecule has 12 heavy (non-hydrogen) atoms. The van der Waals surface area contributed by atoms with Crippen LogP contribution in [0.1, 0.15) is 52.9 Å². The van der Waals surface area contributed by atoms with Gasteiger partial charge in [0.1, 0.15) is 0 Å². The molecule has 0 aliphatic rings. The molecule has 0 radical (unpaired) electrons. The molecule has 0 heteroatoms. The van der Waals surface area contributed by atoms with Gasteiger partial charge in [-0.2, -0.15) is 0 Å². The minimum Gasteiger partial charge on any atom is -0.103 e. The Kier molecular flexibility index (Phi) is 19.7. The van der Waals surface area contributed by atoms with Crippen LogP contribution in [0.2, 0.25) is 0 Å². The second-order valence-electron chi connectivity index (χ2n) is 2.83. The molecular formula is C12H24. The summed E-state index contributed by atoms with van der Waals surface area (Å²) in [5, 5.41) is 0. The first-order chi connectivity index (χ1) is 5.83. The molecule has 0 unspecified atom stereocenters. The van der Waals surface area contributed by atoms with Crippen LogP contribution in [0.25, 0.3) is 0 Å². The molecule has 0 N–H and O–H groups in total. The highest BCUT2D eigenvalue weighted by Crippen LogP contribution is 2.02. The summed E-state index contributed by atoms with van der Waals surface area (Å²) in [6.45, 7) is 9.58. The van der Waals surface area contributed by atoms with Crippen LogP contribution in [0, 0.1) is 0 Å². The third kappa shape index (κ3) is 22.7. The van der Waals surface area contributed by atoms with Crippen molar-refractivity contribution >= 4 is 0 Å². The maximum Gasteiger partial charge on any atom is -0.0351 e. The van der Waals surface area contributed by atoms with Gasteiger partial charge in [0, 0.05) is 0 Å². The highest BCUT2D eigenvalue weighted by molar-refractivity contribution is 4.75. The van der Waals surface area contributed by atoms with Crippen LogP contribution in [-0.2, 0) is 0 Å². The van der Waals surface area contributed by atoms with Gasteiger partial charge in [-0.25, -0.2) is 0 Å². The lowest BCUT2D eigenvalue weighted by molar-refractivity contribution is 0.674. The van der Waals surface area contributed by atoms with Crippen LogP contribution in [0.3, 0.4) is 0 Å². The van der Waals surface area contributed by atoms with Gasteiger partial charge in [-0.1, -0.05) is 44.4 Å². The maximum absolute atomic E-state index is 3.36. The van der Waals surface area contributed by atoms with E-state index in [1.165, 1.54) is 32.1 Å². The molecule has 72 valence electrons. The Labute approximate surface area is 78.4 Å². The summed E-state index contributed by atoms with van der Waals surface area (Å²) >= 11 is 0. The van der Waals surface area contributed by atoms with Gasteiger partial charge in [0.2, 0.25) is 0 Å². The Hall–Kier alpha value is -0.520. The lowest BCUT2D eigenvalue weighted by Crippen LogP contribution is -1.72. The van der Waals surface area contributed by atoms with Gasteiger partial charge < -0.3 is 0 Å². The standard InChI is InChI=1S/C9H18.C3H6/c1-3-5-7-9-8-6-4-2;1-3-2/h3,5H,4,6-9H2,1-2H3;3H,1H2,2H3. The minimum absolute atomic E-state index is 1.27. The van der Waals surface area contributed by atoms with Crippen molar-refractivity contribution in [2.45, 2.75) is 52.9 Å². The Bertz CT molecular complexity index is 90.2. The zero-order chi connectivity index (χ0) is 9.66. The van der Waals surface area contributed by atoms with Crippen molar-refractivity contribution in [3.05, 3.63) is 24.8 Å². The molecular weight excluding hydrogens is 144 g/mol. The van der Waals surface area contributed by atoms with E-state index >= 15 is 0 Å². The maximum atomic E-state index is 3.36. The number of allylic oxidation sites excluding steroid dienone is 3. The average molecular weight is 168 g/mol. The Morgan fingerprint density at radius 2 is 1.67 bits per heavy atom. The zero-order valence-electron chi connectivity index (χ0n) is 8.97. The quantitative estimate of drug-likeness (QED) is 0.411. The molecule has 0 aromatic carbocycles. The van der Waals surface area contributed by atoms with Crippen molar-refractivity contribution in [1.29, 1.82) is 0 Å². The van der Waals surface area contributed by atoms with E-state index in [9.17, 15) is 0 Å². The van der Waals surface area contributed by atoms with Crippen molar-refractivity contribution in [3.63, 3.8) is 0 Å². The van der Waals surface area contributed by atoms with E-state index in [2.05, 4.69) is 32.6 Å². The molecule has 0 aromatic heterocycles. The Balaban J connectivity index is 0. The second-order valence-corrected chi connectivity index (χ2v) is 2.83. The zero-order valence-corrected chi connectivity index (χ0v) is 8.97. The largest absolute Gasteiger partial charge is 0.103 e. The van der Waals surface area contributed by atoms with Crippen LogP contribution < -0.4 is 0 Å². The summed E-state index contributed by atoms with van der Waals surface area (Å²) in [5.74, 6) is 0. The molecule has 0 aromatic rings. The van der Waals surface area contributed by atoms with E-state index < -0.39 is 0 Å². The molecule has 0 spiro atoms. The average Bonchev–Trinajstić information content (AvgIpc) is 2.06. The predicted octanol–water partition coefficient (Wildman–Crippen LogP) is 4.73. The van der Waals surface area contributed by atoms with Crippen LogP contribution in [0.4, 0.5) is 0 Å². The molecule has 0 bridgehead atoms. The molecule has 0 fully saturated rings. The first kappa shape index (κ1) is 14.0. The summed E-state index contributed by atoms with van der Waals surface area (Å²) < 4.78 is 0. The predicted molar refractivity (Wildman–Crippen MR) is 59.4 cm³/mol. The fourth-order valence-corrected chi connectivity index (χ4v) is 0.856. The Morgan fingerprint density at radius 1 is 1.08 bits per heavy atom. The third-order valence-corrected chi connectivity index (χ3v) is 1.46. The SMILES string of the molecule is C=CC.CC=CCCCCCC. The molecule has 0 aliphatic heterocycles. The molecule has 0 aliphatic carbocycles. The highest BCUT2D eigenvalue weighted by atomic mass is 13.9. The second kappa shape index (κ2) is 16.8. The molecule has 0 saturated heterocycles. The van der Waals surface area contributed by atoms with E-state index in [0.717, 1.165) is 0 Å². The van der Waals surface area contributed by atoms with Gasteiger partial charge in [0.05, 0.1) is 0 Å². The summed E-state index contributed by atoms with van der Waals surface area (Å²) in [4.78, 5) is 0. The summed E-state index contributed by atoms with van der Waals surface area (Å²) in [7, 11) is 0. The Morgan fingerprint density at radius 3 is 2.08 bits per heavy atom. The normalized spacial score (nSPS) is 9.25. The summed E-state index contributed by atoms with van der Waals surface area (Å²) in [6.07, 6.45) is 12.9. The van der Waals surface area contributed by atoms with Gasteiger partial charge in [0.25, 0.3) is 0 Å². The smallest absolute Gasteiger partial charge is 0.0351 e. The number of hydrogen-bond acceptors (Lipinski definition) is 0. The van der Waals surface area contributed by atoms with E-state index in [4.69, 9.17) is 0 Å². The molecule has 0 rings (SSSR count). The molecule has 0 heterocycles. The van der Waals surface area contributed by atoms with E-state index in [-0.39, 0.29) is 0 Å². The van der Waals surface area contributed by atoms with Crippen LogP contribution in [0.5, 0.6) is 0 Å². The van der Waals surface area contributed by atoms with Gasteiger partial charge in [-0.3, -0.25) is 0 Å². The molecule has 0 amide bonds. The van der Waals surface area contributed by atoms with Crippen molar-refractivity contribution in [1.82, 2.24) is 0 Å². The first-order valence-electron chi connectivity index (χ1n) is 5.01. The van der Waals surface area contributed by atoms with Crippen molar-refractivity contribution in [2.24, 2.45) is 0 Å². The lowest BCUT2D eigenvalue weighted by Gasteiger charge is -1.92. The first-order valence-corrected chi connectivity index (χ1v) is 5.01. The molecule has 0 nitrogen and oxygen atoms in total. The van der Waals surface area contributed by atoms with E-state index in [1.807, 2.05) is 6.92 Å². The van der Waals surface area contributed by atoms with Crippen molar-refractivity contribution < 1.29 is 0 Å². The fourth-order valence-electron chi connectivity index (χ4n) is 0.856. The van der Waals surface area contributed by atoms with Crippen LogP contribution in [-0.4, -0.2) is 0 Å². The van der Waals surface area contributed by atoms with Gasteiger partial charge in [-0.15, -0.1) is 6.58 Å². The molecule has 0 atom stereocenters. The van der Waals surface area contributed by atoms with Crippen molar-refractivity contribution in [3.8, 4) is 0 Å². The fraction of sp³-hybridized carbons (Fsp3) is 0.667. The number of rotatable bonds is 5. The molecule has 0 saturated carbocycles. The number of hydrogen-bond donors (Lipinski definition) is 0. The van der Waals surface area contributed by atoms with Gasteiger partial charge in [0.15, 0.2) is 0 Å². The van der Waals surface area contributed by atoms with Crippen molar-refractivity contribution in [2.75, 3.05) is 0 Å². The van der Waals surface area contributed by atoms with E-state index in [0.29, 0.717) is 0 Å². The summed E-state index contributed by atoms with van der Waals surface area (Å²) in [6, 6.07) is 0. The van der Waals surface area contributed by atoms with Crippen LogP contribution in [0.15, 0.2) is 24.8 Å². The van der Waals surface area contributed by atoms with E-state index in [1.54, 1.807) is 6.08 Å². The topological polar surface area (TPSA) is 0 Å². The third-order valence-electron chi connectivity index (χ3n) is 1.46. The highest BCUT2D eigenvalue weighted by Gasteiger charge is 1.82. The van der Waals surface area contributed by atoms with Gasteiger partial charge in [-0.05, 0) is 26.7 Å². The lowest BCUT2D eigenvalue weighted by atomic mass is 10.1. The monoisotopic (exact) mass is 168 g/mol. The minimum atomic E-state index is 1.27. The number of unbranched alkanes of at least 4 members (excludes halogenated alkanes) is 4.